The summed E-state index contributed by atoms with van der Waals surface area (Å²) in [5.41, 5.74) is 14.9. The number of benzene rings is 2. The van der Waals surface area contributed by atoms with Gasteiger partial charge in [-0.2, -0.15) is 0 Å². The van der Waals surface area contributed by atoms with Gasteiger partial charge in [0.15, 0.2) is 6.23 Å². The van der Waals surface area contributed by atoms with E-state index in [4.69, 9.17) is 16.2 Å². The van der Waals surface area contributed by atoms with Crippen LogP contribution >= 0.6 is 0 Å². The average Bonchev–Trinajstić information content (AvgIpc) is 2.92. The van der Waals surface area contributed by atoms with Crippen molar-refractivity contribution >= 4 is 11.8 Å². The summed E-state index contributed by atoms with van der Waals surface area (Å²) >= 11 is 0. The van der Waals surface area contributed by atoms with Crippen molar-refractivity contribution in [3.05, 3.63) is 58.0 Å². The molecule has 0 saturated heterocycles. The minimum atomic E-state index is -0.604. The Morgan fingerprint density at radius 2 is 1.80 bits per heavy atom. The summed E-state index contributed by atoms with van der Waals surface area (Å²) in [5, 5.41) is 12.1. The lowest BCUT2D eigenvalue weighted by molar-refractivity contribution is 0.277. The molecule has 4 nitrogen and oxygen atoms in total. The molecule has 1 unspecified atom stereocenters. The van der Waals surface area contributed by atoms with Crippen LogP contribution in [0.15, 0.2) is 36.4 Å². The fourth-order valence-electron chi connectivity index (χ4n) is 4.04. The molecule has 1 fully saturated rings. The molecule has 4 rings (SSSR count). The molecule has 2 aromatic rings. The number of rotatable bonds is 2. The molecule has 2 aliphatic rings. The number of nitrogens with two attached hydrogens (primary N) is 2. The maximum Gasteiger partial charge on any atom is 0.189 e. The highest BCUT2D eigenvalue weighted by Gasteiger charge is 2.24. The van der Waals surface area contributed by atoms with Crippen LogP contribution in [0, 0.1) is 0 Å². The molecular weight excluding hydrogens is 312 g/mol. The van der Waals surface area contributed by atoms with Gasteiger partial charge < -0.3 is 15.6 Å². The molecule has 25 heavy (non-hydrogen) atoms. The van der Waals surface area contributed by atoms with Crippen LogP contribution in [-0.2, 0) is 0 Å². The third-order valence-electron chi connectivity index (χ3n) is 5.37. The third kappa shape index (κ3) is 2.87. The molecule has 1 atom stereocenters. The average molecular weight is 336 g/mol. The highest BCUT2D eigenvalue weighted by Crippen LogP contribution is 2.31. The molecule has 5 N–H and O–H groups in total. The highest BCUT2D eigenvalue weighted by molar-refractivity contribution is 5.63. The summed E-state index contributed by atoms with van der Waals surface area (Å²) in [7, 11) is 0. The number of hydrogen-bond acceptors (Lipinski definition) is 4. The predicted octanol–water partition coefficient (Wildman–Crippen LogP) is 2.01. The van der Waals surface area contributed by atoms with Gasteiger partial charge in [0.25, 0.3) is 0 Å². The van der Waals surface area contributed by atoms with Gasteiger partial charge >= 0.3 is 0 Å². The Morgan fingerprint density at radius 3 is 2.56 bits per heavy atom. The van der Waals surface area contributed by atoms with Crippen molar-refractivity contribution in [2.45, 2.75) is 44.2 Å². The first-order valence-electron chi connectivity index (χ1n) is 8.99. The molecule has 4 heteroatoms. The molecule has 130 valence electrons. The van der Waals surface area contributed by atoms with Gasteiger partial charge in [0.2, 0.25) is 0 Å². The van der Waals surface area contributed by atoms with Gasteiger partial charge in [-0.25, -0.2) is 0 Å². The molecule has 1 aliphatic carbocycles. The van der Waals surface area contributed by atoms with E-state index in [2.05, 4.69) is 6.07 Å². The van der Waals surface area contributed by atoms with Crippen molar-refractivity contribution in [3.63, 3.8) is 0 Å². The van der Waals surface area contributed by atoms with Crippen molar-refractivity contribution in [2.24, 2.45) is 11.5 Å². The van der Waals surface area contributed by atoms with E-state index in [1.54, 1.807) is 6.07 Å². The zero-order valence-corrected chi connectivity index (χ0v) is 14.2. The summed E-state index contributed by atoms with van der Waals surface area (Å²) in [6, 6.07) is 11.5. The molecule has 1 heterocycles. The number of hydrogen-bond donors (Lipinski definition) is 3. The Bertz CT molecular complexity index is 914. The van der Waals surface area contributed by atoms with Gasteiger partial charge in [0, 0.05) is 10.8 Å². The number of fused-ring (bicyclic) bond motifs is 1. The number of phenolic OH excluding ortho intramolecular Hbond substituents is 1. The van der Waals surface area contributed by atoms with E-state index in [9.17, 15) is 5.11 Å². The maximum atomic E-state index is 10.2. The SMILES string of the molecule is NC1=c2c(ccc(C3CCCCC3)c2=Cc2ccccc2O)OC1N. The second-order valence-electron chi connectivity index (χ2n) is 6.97. The summed E-state index contributed by atoms with van der Waals surface area (Å²) in [6.45, 7) is 0. The van der Waals surface area contributed by atoms with E-state index < -0.39 is 6.23 Å². The van der Waals surface area contributed by atoms with Gasteiger partial charge in [0.05, 0.1) is 5.70 Å². The van der Waals surface area contributed by atoms with Crippen LogP contribution in [0.5, 0.6) is 11.5 Å². The van der Waals surface area contributed by atoms with E-state index in [-0.39, 0.29) is 5.75 Å². The Hall–Kier alpha value is -2.46. The topological polar surface area (TPSA) is 81.5 Å². The second-order valence-corrected chi connectivity index (χ2v) is 6.97. The number of aromatic hydroxyl groups is 1. The lowest BCUT2D eigenvalue weighted by atomic mass is 9.82. The largest absolute Gasteiger partial charge is 0.507 e. The van der Waals surface area contributed by atoms with Crippen LogP contribution in [0.4, 0.5) is 0 Å². The standard InChI is InChI=1S/C21H24N2O2/c22-20-19-16(12-14-8-4-5-9-17(14)24)15(13-6-2-1-3-7-13)10-11-18(19)25-21(20)23/h4-5,8-13,21,24H,1-3,6-7,22-23H2. The minimum absolute atomic E-state index is 0.261. The molecule has 1 saturated carbocycles. The molecule has 2 aromatic carbocycles. The Morgan fingerprint density at radius 1 is 1.04 bits per heavy atom. The summed E-state index contributed by atoms with van der Waals surface area (Å²) < 4.78 is 5.70. The quantitative estimate of drug-likeness (QED) is 0.784. The van der Waals surface area contributed by atoms with Gasteiger partial charge in [-0.3, -0.25) is 5.73 Å². The Kier molecular flexibility index (Phi) is 4.14. The Balaban J connectivity index is 2.00. The van der Waals surface area contributed by atoms with Crippen LogP contribution < -0.4 is 26.6 Å². The monoisotopic (exact) mass is 336 g/mol. The summed E-state index contributed by atoms with van der Waals surface area (Å²) in [4.78, 5) is 0. The first-order chi connectivity index (χ1) is 12.1. The normalized spacial score (nSPS) is 21.2. The van der Waals surface area contributed by atoms with E-state index in [1.165, 1.54) is 37.7 Å². The number of phenols is 1. The van der Waals surface area contributed by atoms with Crippen LogP contribution in [0.3, 0.4) is 0 Å². The van der Waals surface area contributed by atoms with Crippen molar-refractivity contribution < 1.29 is 9.84 Å². The fraction of sp³-hybridized carbons (Fsp3) is 0.333. The highest BCUT2D eigenvalue weighted by atomic mass is 16.5. The molecule has 0 bridgehead atoms. The fourth-order valence-corrected chi connectivity index (χ4v) is 4.04. The molecule has 1 aliphatic heterocycles. The van der Waals surface area contributed by atoms with Crippen LogP contribution in [0.1, 0.15) is 49.1 Å². The van der Waals surface area contributed by atoms with Crippen molar-refractivity contribution in [1.82, 2.24) is 0 Å². The molecule has 0 spiro atoms. The van der Waals surface area contributed by atoms with Crippen LogP contribution in [0.25, 0.3) is 11.8 Å². The zero-order chi connectivity index (χ0) is 17.4. The molecule has 0 radical (unpaired) electrons. The van der Waals surface area contributed by atoms with Gasteiger partial charge in [0.1, 0.15) is 11.5 Å². The molecule has 0 amide bonds. The first-order valence-corrected chi connectivity index (χ1v) is 8.99. The van der Waals surface area contributed by atoms with Gasteiger partial charge in [-0.15, -0.1) is 0 Å². The summed E-state index contributed by atoms with van der Waals surface area (Å²) in [6.07, 6.45) is 7.61. The molecular formula is C21H24N2O2. The second kappa shape index (κ2) is 6.45. The lowest BCUT2D eigenvalue weighted by Crippen LogP contribution is -2.35. The van der Waals surface area contributed by atoms with Crippen molar-refractivity contribution in [2.75, 3.05) is 0 Å². The Labute approximate surface area is 147 Å². The number of ether oxygens (including phenoxy) is 1. The minimum Gasteiger partial charge on any atom is -0.507 e. The number of para-hydroxylation sites is 1. The van der Waals surface area contributed by atoms with E-state index in [0.29, 0.717) is 11.6 Å². The van der Waals surface area contributed by atoms with Crippen LogP contribution in [0.2, 0.25) is 0 Å². The third-order valence-corrected chi connectivity index (χ3v) is 5.37. The zero-order valence-electron chi connectivity index (χ0n) is 14.2. The lowest BCUT2D eigenvalue weighted by Gasteiger charge is -2.23. The molecule has 0 aromatic heterocycles. The summed E-state index contributed by atoms with van der Waals surface area (Å²) in [5.74, 6) is 1.50. The van der Waals surface area contributed by atoms with Crippen molar-refractivity contribution in [3.8, 4) is 11.5 Å². The van der Waals surface area contributed by atoms with E-state index in [0.717, 1.165) is 21.8 Å². The first kappa shape index (κ1) is 16.0. The van der Waals surface area contributed by atoms with Crippen molar-refractivity contribution in [1.29, 1.82) is 0 Å². The van der Waals surface area contributed by atoms with Crippen LogP contribution in [-0.4, -0.2) is 11.3 Å². The van der Waals surface area contributed by atoms with E-state index in [1.807, 2.05) is 30.3 Å². The maximum absolute atomic E-state index is 10.2. The van der Waals surface area contributed by atoms with Gasteiger partial charge in [-0.1, -0.05) is 43.5 Å². The smallest absolute Gasteiger partial charge is 0.189 e. The van der Waals surface area contributed by atoms with E-state index >= 15 is 0 Å². The van der Waals surface area contributed by atoms with Gasteiger partial charge in [-0.05, 0) is 47.8 Å². The predicted molar refractivity (Wildman–Crippen MR) is 99.4 cm³/mol.